The zero-order chi connectivity index (χ0) is 12.3. The molecule has 0 bridgehead atoms. The maximum Gasteiger partial charge on any atom is 0.336 e. The number of hydrogen-bond acceptors (Lipinski definition) is 3. The zero-order valence-electron chi connectivity index (χ0n) is 9.47. The lowest BCUT2D eigenvalue weighted by Crippen LogP contribution is -2.01. The average Bonchev–Trinajstić information content (AvgIpc) is 2.78. The third-order valence-corrected chi connectivity index (χ3v) is 3.20. The monoisotopic (exact) mass is 244 g/mol. The summed E-state index contributed by atoms with van der Waals surface area (Å²) in [6.07, 6.45) is 1.16. The number of carbonyl (C=O) groups is 1. The van der Waals surface area contributed by atoms with Gasteiger partial charge in [-0.1, -0.05) is 30.8 Å². The number of rotatable bonds is 3. The minimum absolute atomic E-state index is 0.428. The van der Waals surface area contributed by atoms with Gasteiger partial charge in [0, 0.05) is 17.5 Å². The van der Waals surface area contributed by atoms with Crippen molar-refractivity contribution in [3.05, 3.63) is 53.9 Å². The van der Waals surface area contributed by atoms with Crippen LogP contribution in [0.5, 0.6) is 5.06 Å². The third kappa shape index (κ3) is 2.63. The van der Waals surface area contributed by atoms with Gasteiger partial charge in [-0.2, -0.15) is 0 Å². The van der Waals surface area contributed by atoms with Crippen LogP contribution >= 0.6 is 11.3 Å². The van der Waals surface area contributed by atoms with Gasteiger partial charge < -0.3 is 4.74 Å². The summed E-state index contributed by atoms with van der Waals surface area (Å²) < 4.78 is 5.07. The fourth-order valence-electron chi connectivity index (χ4n) is 1.55. The molecule has 0 aliphatic heterocycles. The van der Waals surface area contributed by atoms with Crippen LogP contribution in [-0.4, -0.2) is 5.97 Å². The lowest BCUT2D eigenvalue weighted by Gasteiger charge is -2.01. The van der Waals surface area contributed by atoms with Crippen LogP contribution in [0.15, 0.2) is 48.4 Å². The Morgan fingerprint density at radius 2 is 2.18 bits per heavy atom. The highest BCUT2D eigenvalue weighted by atomic mass is 32.1. The maximum atomic E-state index is 11.1. The van der Waals surface area contributed by atoms with Gasteiger partial charge in [-0.3, -0.25) is 0 Å². The van der Waals surface area contributed by atoms with Crippen LogP contribution in [0.1, 0.15) is 5.56 Å². The van der Waals surface area contributed by atoms with E-state index in [1.807, 2.05) is 23.6 Å². The molecule has 0 saturated heterocycles. The molecular weight excluding hydrogens is 232 g/mol. The first kappa shape index (κ1) is 11.6. The predicted octanol–water partition coefficient (Wildman–Crippen LogP) is 3.81. The van der Waals surface area contributed by atoms with Gasteiger partial charge in [0.1, 0.15) is 0 Å². The van der Waals surface area contributed by atoms with E-state index in [4.69, 9.17) is 4.74 Å². The molecule has 0 spiro atoms. The second-order valence-electron chi connectivity index (χ2n) is 3.59. The van der Waals surface area contributed by atoms with Crippen LogP contribution in [0.4, 0.5) is 0 Å². The molecule has 0 unspecified atom stereocenters. The number of esters is 1. The molecule has 0 N–H and O–H groups in total. The summed E-state index contributed by atoms with van der Waals surface area (Å²) in [6.45, 7) is 5.42. The van der Waals surface area contributed by atoms with Crippen molar-refractivity contribution in [2.75, 3.05) is 0 Å². The number of thiophene rings is 1. The standard InChI is InChI=1S/C14H12O2S/c1-3-13(15)16-14-8-11(9-17-14)12-7-5-4-6-10(12)2/h3-9H,1H2,2H3. The van der Waals surface area contributed by atoms with Crippen molar-refractivity contribution >= 4 is 17.3 Å². The van der Waals surface area contributed by atoms with Crippen LogP contribution < -0.4 is 4.74 Å². The Morgan fingerprint density at radius 3 is 2.88 bits per heavy atom. The Kier molecular flexibility index (Phi) is 3.40. The number of ether oxygens (including phenoxy) is 1. The van der Waals surface area contributed by atoms with E-state index < -0.39 is 5.97 Å². The molecule has 2 aromatic rings. The van der Waals surface area contributed by atoms with Crippen molar-refractivity contribution in [3.8, 4) is 16.2 Å². The largest absolute Gasteiger partial charge is 0.412 e. The topological polar surface area (TPSA) is 26.3 Å². The van der Waals surface area contributed by atoms with Crippen LogP contribution in [-0.2, 0) is 4.79 Å². The molecule has 0 aliphatic carbocycles. The van der Waals surface area contributed by atoms with Gasteiger partial charge in [-0.25, -0.2) is 4.79 Å². The highest BCUT2D eigenvalue weighted by Gasteiger charge is 2.07. The van der Waals surface area contributed by atoms with E-state index in [9.17, 15) is 4.79 Å². The summed E-state index contributed by atoms with van der Waals surface area (Å²) in [6, 6.07) is 9.98. The van der Waals surface area contributed by atoms with Crippen molar-refractivity contribution in [3.63, 3.8) is 0 Å². The Labute approximate surface area is 104 Å². The fourth-order valence-corrected chi connectivity index (χ4v) is 2.31. The quantitative estimate of drug-likeness (QED) is 0.606. The molecule has 1 heterocycles. The van der Waals surface area contributed by atoms with E-state index in [0.29, 0.717) is 5.06 Å². The lowest BCUT2D eigenvalue weighted by atomic mass is 10.0. The molecule has 2 rings (SSSR count). The Hall–Kier alpha value is -1.87. The van der Waals surface area contributed by atoms with Crippen molar-refractivity contribution in [2.45, 2.75) is 6.92 Å². The Morgan fingerprint density at radius 1 is 1.41 bits per heavy atom. The second kappa shape index (κ2) is 4.97. The van der Waals surface area contributed by atoms with Crippen molar-refractivity contribution in [1.29, 1.82) is 0 Å². The minimum atomic E-state index is -0.428. The Balaban J connectivity index is 2.27. The Bertz CT molecular complexity index is 555. The number of benzene rings is 1. The van der Waals surface area contributed by atoms with Crippen molar-refractivity contribution in [1.82, 2.24) is 0 Å². The molecule has 17 heavy (non-hydrogen) atoms. The van der Waals surface area contributed by atoms with E-state index in [1.54, 1.807) is 0 Å². The number of carbonyl (C=O) groups excluding carboxylic acids is 1. The van der Waals surface area contributed by atoms with Gasteiger partial charge in [-0.15, -0.1) is 11.3 Å². The van der Waals surface area contributed by atoms with E-state index in [-0.39, 0.29) is 0 Å². The molecule has 0 atom stereocenters. The van der Waals surface area contributed by atoms with Crippen LogP contribution in [0.25, 0.3) is 11.1 Å². The minimum Gasteiger partial charge on any atom is -0.412 e. The molecule has 3 heteroatoms. The normalized spacial score (nSPS) is 9.94. The van der Waals surface area contributed by atoms with Gasteiger partial charge in [0.2, 0.25) is 0 Å². The molecule has 0 fully saturated rings. The maximum absolute atomic E-state index is 11.1. The third-order valence-electron chi connectivity index (χ3n) is 2.40. The summed E-state index contributed by atoms with van der Waals surface area (Å²) in [5.74, 6) is -0.428. The molecule has 0 radical (unpaired) electrons. The van der Waals surface area contributed by atoms with E-state index >= 15 is 0 Å². The average molecular weight is 244 g/mol. The van der Waals surface area contributed by atoms with Gasteiger partial charge in [0.25, 0.3) is 0 Å². The van der Waals surface area contributed by atoms with E-state index in [1.165, 1.54) is 16.9 Å². The smallest absolute Gasteiger partial charge is 0.336 e. The van der Waals surface area contributed by atoms with Gasteiger partial charge >= 0.3 is 5.97 Å². The lowest BCUT2D eigenvalue weighted by molar-refractivity contribution is -0.128. The fraction of sp³-hybridized carbons (Fsp3) is 0.0714. The van der Waals surface area contributed by atoms with Gasteiger partial charge in [-0.05, 0) is 23.6 Å². The number of hydrogen-bond donors (Lipinski definition) is 0. The molecule has 1 aromatic carbocycles. The molecule has 0 saturated carbocycles. The van der Waals surface area contributed by atoms with Crippen LogP contribution in [0.3, 0.4) is 0 Å². The summed E-state index contributed by atoms with van der Waals surface area (Å²) in [7, 11) is 0. The predicted molar refractivity (Wildman–Crippen MR) is 70.3 cm³/mol. The molecule has 0 aliphatic rings. The summed E-state index contributed by atoms with van der Waals surface area (Å²) in [4.78, 5) is 11.1. The first-order valence-corrected chi connectivity index (χ1v) is 6.07. The first-order chi connectivity index (χ1) is 8.20. The second-order valence-corrected chi connectivity index (χ2v) is 4.47. The van der Waals surface area contributed by atoms with Crippen molar-refractivity contribution in [2.24, 2.45) is 0 Å². The SMILES string of the molecule is C=CC(=O)Oc1cc(-c2ccccc2C)cs1. The summed E-state index contributed by atoms with van der Waals surface area (Å²) >= 11 is 1.41. The van der Waals surface area contributed by atoms with E-state index in [2.05, 4.69) is 25.6 Å². The summed E-state index contributed by atoms with van der Waals surface area (Å²) in [5, 5.41) is 2.57. The molecule has 2 nitrogen and oxygen atoms in total. The van der Waals surface area contributed by atoms with E-state index in [0.717, 1.165) is 17.2 Å². The number of aryl methyl sites for hydroxylation is 1. The zero-order valence-corrected chi connectivity index (χ0v) is 10.3. The van der Waals surface area contributed by atoms with Crippen LogP contribution in [0.2, 0.25) is 0 Å². The molecular formula is C14H12O2S. The molecule has 86 valence electrons. The summed E-state index contributed by atoms with van der Waals surface area (Å²) in [5.41, 5.74) is 3.43. The van der Waals surface area contributed by atoms with Crippen LogP contribution in [0, 0.1) is 6.92 Å². The van der Waals surface area contributed by atoms with Crippen molar-refractivity contribution < 1.29 is 9.53 Å². The highest BCUT2D eigenvalue weighted by molar-refractivity contribution is 7.12. The molecule has 0 amide bonds. The van der Waals surface area contributed by atoms with Gasteiger partial charge in [0.15, 0.2) is 5.06 Å². The first-order valence-electron chi connectivity index (χ1n) is 5.19. The highest BCUT2D eigenvalue weighted by Crippen LogP contribution is 2.32. The molecule has 1 aromatic heterocycles. The van der Waals surface area contributed by atoms with Gasteiger partial charge in [0.05, 0.1) is 0 Å².